The van der Waals surface area contributed by atoms with Gasteiger partial charge in [0, 0.05) is 32.5 Å². The van der Waals surface area contributed by atoms with Crippen LogP contribution in [0.25, 0.3) is 110 Å². The smallest absolute Gasteiger partial charge is 0.221 e. The summed E-state index contributed by atoms with van der Waals surface area (Å²) in [6.07, 6.45) is 0. The molecular weight excluding hydrogens is 649 g/mol. The van der Waals surface area contributed by atoms with Crippen molar-refractivity contribution in [2.45, 2.75) is 0 Å². The van der Waals surface area contributed by atoms with Gasteiger partial charge in [-0.3, -0.25) is 8.97 Å². The van der Waals surface area contributed by atoms with E-state index in [2.05, 4.69) is 155 Å². The van der Waals surface area contributed by atoms with Crippen LogP contribution in [0.4, 0.5) is 0 Å². The molecule has 0 aliphatic rings. The molecule has 5 nitrogen and oxygen atoms in total. The minimum absolute atomic E-state index is 0.819. The molecule has 0 aliphatic carbocycles. The highest BCUT2D eigenvalue weighted by molar-refractivity contribution is 6.22. The fourth-order valence-electron chi connectivity index (χ4n) is 8.48. The van der Waals surface area contributed by atoms with Crippen molar-refractivity contribution >= 4 is 82.1 Å². The molecule has 12 rings (SSSR count). The number of rotatable bonds is 3. The summed E-state index contributed by atoms with van der Waals surface area (Å²) in [7, 11) is 0. The first-order valence-corrected chi connectivity index (χ1v) is 17.9. The Labute approximate surface area is 302 Å². The van der Waals surface area contributed by atoms with Crippen LogP contribution in [-0.4, -0.2) is 18.9 Å². The molecule has 0 spiro atoms. The predicted octanol–water partition coefficient (Wildman–Crippen LogP) is 12.5. The summed E-state index contributed by atoms with van der Waals surface area (Å²) in [6.45, 7) is 0. The van der Waals surface area contributed by atoms with E-state index in [-0.39, 0.29) is 0 Å². The summed E-state index contributed by atoms with van der Waals surface area (Å²) in [5.41, 5.74) is 12.3. The largest absolute Gasteiger partial charge is 0.455 e. The van der Waals surface area contributed by atoms with E-state index in [9.17, 15) is 0 Å². The zero-order chi connectivity index (χ0) is 34.6. The van der Waals surface area contributed by atoms with Crippen molar-refractivity contribution in [2.75, 3.05) is 0 Å². The van der Waals surface area contributed by atoms with Gasteiger partial charge < -0.3 is 4.42 Å². The third kappa shape index (κ3) is 4.02. The van der Waals surface area contributed by atoms with Crippen LogP contribution in [0.5, 0.6) is 0 Å². The second-order valence-electron chi connectivity index (χ2n) is 13.8. The average Bonchev–Trinajstić information content (AvgIpc) is 3.91. The summed E-state index contributed by atoms with van der Waals surface area (Å²) in [5.74, 6) is 0.819. The Hall–Kier alpha value is -7.24. The maximum absolute atomic E-state index is 6.37. The number of hydrogen-bond donors (Lipinski definition) is 0. The summed E-state index contributed by atoms with van der Waals surface area (Å²) in [4.78, 5) is 10.5. The minimum atomic E-state index is 0.819. The number of fused-ring (bicyclic) bond motifs is 13. The second-order valence-corrected chi connectivity index (χ2v) is 13.8. The first-order valence-electron chi connectivity index (χ1n) is 17.9. The average molecular weight is 677 g/mol. The lowest BCUT2D eigenvalue weighted by molar-refractivity contribution is 0.670. The molecule has 12 aromatic rings. The van der Waals surface area contributed by atoms with Crippen molar-refractivity contribution < 1.29 is 4.42 Å². The Kier molecular flexibility index (Phi) is 5.71. The number of nitrogens with zero attached hydrogens (tertiary/aromatic N) is 4. The maximum Gasteiger partial charge on any atom is 0.221 e. The van der Waals surface area contributed by atoms with Crippen LogP contribution in [0.1, 0.15) is 0 Å². The van der Waals surface area contributed by atoms with Crippen LogP contribution in [0.3, 0.4) is 0 Å². The Morgan fingerprint density at radius 2 is 1.13 bits per heavy atom. The lowest BCUT2D eigenvalue weighted by atomic mass is 9.97. The number of para-hydroxylation sites is 5. The molecule has 8 aromatic carbocycles. The molecule has 0 saturated carbocycles. The quantitative estimate of drug-likeness (QED) is 0.187. The lowest BCUT2D eigenvalue weighted by Crippen LogP contribution is -2.06. The van der Waals surface area contributed by atoms with E-state index in [0.29, 0.717) is 0 Å². The molecule has 0 bridgehead atoms. The molecule has 246 valence electrons. The van der Waals surface area contributed by atoms with Crippen molar-refractivity contribution in [1.29, 1.82) is 0 Å². The summed E-state index contributed by atoms with van der Waals surface area (Å²) in [5, 5.41) is 8.12. The van der Waals surface area contributed by atoms with E-state index in [0.717, 1.165) is 88.8 Å². The van der Waals surface area contributed by atoms with Crippen LogP contribution < -0.4 is 0 Å². The van der Waals surface area contributed by atoms with Gasteiger partial charge in [0.1, 0.15) is 16.8 Å². The molecule has 0 unspecified atom stereocenters. The SMILES string of the molecule is c1ccc2c(c1)ccc1c2c2cc(-c3ccc(-c4cccc5c4oc4ccccc45)cc3)ccc2n1-c1nc2ccccc2c2nc3ccccc3n12. The zero-order valence-corrected chi connectivity index (χ0v) is 28.4. The summed E-state index contributed by atoms with van der Waals surface area (Å²) >= 11 is 0. The van der Waals surface area contributed by atoms with Gasteiger partial charge in [-0.05, 0) is 76.0 Å². The van der Waals surface area contributed by atoms with Gasteiger partial charge in [-0.15, -0.1) is 0 Å². The molecule has 0 atom stereocenters. The molecule has 5 heteroatoms. The van der Waals surface area contributed by atoms with E-state index >= 15 is 0 Å². The first kappa shape index (κ1) is 28.5. The monoisotopic (exact) mass is 676 g/mol. The molecule has 0 amide bonds. The molecule has 0 aliphatic heterocycles. The Balaban J connectivity index is 1.09. The van der Waals surface area contributed by atoms with Gasteiger partial charge in [0.2, 0.25) is 5.95 Å². The van der Waals surface area contributed by atoms with Crippen molar-refractivity contribution in [1.82, 2.24) is 18.9 Å². The van der Waals surface area contributed by atoms with E-state index < -0.39 is 0 Å². The number of benzene rings is 8. The van der Waals surface area contributed by atoms with Crippen molar-refractivity contribution in [3.63, 3.8) is 0 Å². The van der Waals surface area contributed by atoms with Crippen molar-refractivity contribution in [3.05, 3.63) is 170 Å². The molecule has 4 heterocycles. The minimum Gasteiger partial charge on any atom is -0.455 e. The van der Waals surface area contributed by atoms with Crippen LogP contribution in [0, 0.1) is 0 Å². The number of furan rings is 1. The molecule has 4 aromatic heterocycles. The molecule has 0 N–H and O–H groups in total. The number of hydrogen-bond acceptors (Lipinski definition) is 3. The highest BCUT2D eigenvalue weighted by Gasteiger charge is 2.21. The Bertz CT molecular complexity index is 3460. The van der Waals surface area contributed by atoms with Gasteiger partial charge >= 0.3 is 0 Å². The normalized spacial score (nSPS) is 12.2. The van der Waals surface area contributed by atoms with E-state index in [4.69, 9.17) is 14.4 Å². The van der Waals surface area contributed by atoms with Gasteiger partial charge in [-0.2, -0.15) is 0 Å². The molecule has 53 heavy (non-hydrogen) atoms. The van der Waals surface area contributed by atoms with Crippen LogP contribution in [0.2, 0.25) is 0 Å². The van der Waals surface area contributed by atoms with Crippen LogP contribution in [-0.2, 0) is 0 Å². The summed E-state index contributed by atoms with van der Waals surface area (Å²) in [6, 6.07) is 60.1. The first-order chi connectivity index (χ1) is 26.3. The van der Waals surface area contributed by atoms with Gasteiger partial charge in [0.25, 0.3) is 0 Å². The van der Waals surface area contributed by atoms with Gasteiger partial charge in [0.05, 0.1) is 27.6 Å². The summed E-state index contributed by atoms with van der Waals surface area (Å²) < 4.78 is 10.9. The molecule has 0 fully saturated rings. The molecule has 0 saturated heterocycles. The highest BCUT2D eigenvalue weighted by Crippen LogP contribution is 2.41. The topological polar surface area (TPSA) is 48.3 Å². The third-order valence-electron chi connectivity index (χ3n) is 10.9. The van der Waals surface area contributed by atoms with E-state index in [1.165, 1.54) is 21.5 Å². The maximum atomic E-state index is 6.37. The van der Waals surface area contributed by atoms with E-state index in [1.54, 1.807) is 0 Å². The third-order valence-corrected chi connectivity index (χ3v) is 10.9. The van der Waals surface area contributed by atoms with Crippen LogP contribution in [0.15, 0.2) is 174 Å². The Morgan fingerprint density at radius 3 is 2.04 bits per heavy atom. The number of imidazole rings is 1. The molecule has 0 radical (unpaired) electrons. The van der Waals surface area contributed by atoms with Crippen molar-refractivity contribution in [2.24, 2.45) is 0 Å². The standard InChI is InChI=1S/C48H28N4O/c1-2-11-33-30(10-1)24-27-43-45(33)38-28-32(29-20-22-31(23-21-29)34-14-9-15-36-35-12-4-8-19-44(35)53-46(34)36)25-26-41(38)51(43)48-50-39-16-5-3-13-37(39)47-49-40-17-6-7-18-42(40)52(47)48/h1-28H. The zero-order valence-electron chi connectivity index (χ0n) is 28.4. The predicted molar refractivity (Wildman–Crippen MR) is 218 cm³/mol. The fraction of sp³-hybridized carbons (Fsp3) is 0. The van der Waals surface area contributed by atoms with Gasteiger partial charge in [-0.1, -0.05) is 121 Å². The molecular formula is C48H28N4O. The van der Waals surface area contributed by atoms with Gasteiger partial charge in [-0.25, -0.2) is 9.97 Å². The lowest BCUT2D eigenvalue weighted by Gasteiger charge is -2.13. The highest BCUT2D eigenvalue weighted by atomic mass is 16.3. The van der Waals surface area contributed by atoms with Gasteiger partial charge in [0.15, 0.2) is 0 Å². The second kappa shape index (κ2) is 10.6. The van der Waals surface area contributed by atoms with Crippen molar-refractivity contribution in [3.8, 4) is 28.2 Å². The van der Waals surface area contributed by atoms with Crippen LogP contribution >= 0.6 is 0 Å². The van der Waals surface area contributed by atoms with E-state index in [1.807, 2.05) is 24.3 Å². The Morgan fingerprint density at radius 1 is 0.434 bits per heavy atom. The number of aromatic nitrogens is 4. The fourth-order valence-corrected chi connectivity index (χ4v) is 8.48.